The molecule has 0 aromatic carbocycles. The van der Waals surface area contributed by atoms with Crippen LogP contribution < -0.4 is 0 Å². The van der Waals surface area contributed by atoms with Gasteiger partial charge in [0.15, 0.2) is 8.32 Å². The highest BCUT2D eigenvalue weighted by atomic mass is 28.4. The highest BCUT2D eigenvalue weighted by Gasteiger charge is 2.40. The molecule has 4 nitrogen and oxygen atoms in total. The highest BCUT2D eigenvalue weighted by Crippen LogP contribution is 2.41. The van der Waals surface area contributed by atoms with Crippen molar-refractivity contribution in [1.82, 2.24) is 0 Å². The monoisotopic (exact) mass is 337 g/mol. The Hall–Kier alpha value is -0.943. The molecule has 2 aliphatic carbocycles. The normalized spacial score (nSPS) is 24.8. The largest absolute Gasteiger partial charge is 0.407 e. The number of allylic oxidation sites excluding steroid dienone is 4. The minimum Gasteiger partial charge on any atom is -0.407 e. The van der Waals surface area contributed by atoms with Gasteiger partial charge < -0.3 is 4.43 Å². The number of nitrogens with zero attached hydrogens (tertiary/aromatic N) is 1. The summed E-state index contributed by atoms with van der Waals surface area (Å²) in [6, 6.07) is 0. The van der Waals surface area contributed by atoms with Crippen molar-refractivity contribution in [2.45, 2.75) is 70.7 Å². The molecule has 0 heterocycles. The molecule has 0 N–H and O–H groups in total. The van der Waals surface area contributed by atoms with E-state index >= 15 is 0 Å². The zero-order valence-electron chi connectivity index (χ0n) is 15.2. The molecule has 2 rings (SSSR count). The van der Waals surface area contributed by atoms with Crippen molar-refractivity contribution in [3.63, 3.8) is 0 Å². The average molecular weight is 338 g/mol. The van der Waals surface area contributed by atoms with Crippen LogP contribution in [0.15, 0.2) is 23.8 Å². The van der Waals surface area contributed by atoms with Crippen molar-refractivity contribution in [1.29, 1.82) is 0 Å². The van der Waals surface area contributed by atoms with E-state index in [1.807, 2.05) is 0 Å². The molecule has 5 heteroatoms. The Labute approximate surface area is 141 Å². The molecule has 3 atom stereocenters. The second kappa shape index (κ2) is 6.89. The van der Waals surface area contributed by atoms with Crippen LogP contribution in [0.25, 0.3) is 0 Å². The van der Waals surface area contributed by atoms with Gasteiger partial charge in [-0.25, -0.2) is 0 Å². The Balaban J connectivity index is 1.86. The fourth-order valence-corrected chi connectivity index (χ4v) is 4.65. The van der Waals surface area contributed by atoms with Crippen LogP contribution in [0.1, 0.15) is 46.5 Å². The second-order valence-corrected chi connectivity index (χ2v) is 13.3. The van der Waals surface area contributed by atoms with Crippen molar-refractivity contribution in [3.05, 3.63) is 33.9 Å². The van der Waals surface area contributed by atoms with Crippen LogP contribution in [0.5, 0.6) is 0 Å². The van der Waals surface area contributed by atoms with Gasteiger partial charge >= 0.3 is 0 Å². The average Bonchev–Trinajstić information content (AvgIpc) is 2.98. The topological polar surface area (TPSA) is 52.4 Å². The summed E-state index contributed by atoms with van der Waals surface area (Å²) in [6.07, 6.45) is 10.8. The van der Waals surface area contributed by atoms with Crippen molar-refractivity contribution in [3.8, 4) is 0 Å². The smallest absolute Gasteiger partial charge is 0.228 e. The standard InChI is InChI=1S/C18H31NO3Si/c1-18(2,3)23(4,5)22-17(13-19(20)21)8-6-7-15-11-14-9-10-16(15)12-14/h9-11,14,16-17H,6-8,12-13H2,1-5H3/t14-,16-,17?/m1/s1. The lowest BCUT2D eigenvalue weighted by molar-refractivity contribution is -0.489. The summed E-state index contributed by atoms with van der Waals surface area (Å²) < 4.78 is 6.30. The predicted molar refractivity (Wildman–Crippen MR) is 96.6 cm³/mol. The van der Waals surface area contributed by atoms with Gasteiger partial charge in [0.25, 0.3) is 0 Å². The van der Waals surface area contributed by atoms with E-state index in [9.17, 15) is 10.1 Å². The van der Waals surface area contributed by atoms with Gasteiger partial charge in [0.2, 0.25) is 6.54 Å². The molecule has 2 aliphatic rings. The third-order valence-electron chi connectivity index (χ3n) is 5.63. The first-order chi connectivity index (χ1) is 10.6. The Morgan fingerprint density at radius 2 is 2.09 bits per heavy atom. The highest BCUT2D eigenvalue weighted by molar-refractivity contribution is 6.74. The summed E-state index contributed by atoms with van der Waals surface area (Å²) >= 11 is 0. The lowest BCUT2D eigenvalue weighted by Gasteiger charge is -2.38. The van der Waals surface area contributed by atoms with E-state index in [0.717, 1.165) is 19.3 Å². The van der Waals surface area contributed by atoms with Crippen LogP contribution in [-0.2, 0) is 4.43 Å². The maximum atomic E-state index is 11.0. The number of hydrogen-bond donors (Lipinski definition) is 0. The fraction of sp³-hybridized carbons (Fsp3) is 0.778. The van der Waals surface area contributed by atoms with Gasteiger partial charge in [0, 0.05) is 4.92 Å². The van der Waals surface area contributed by atoms with E-state index in [1.165, 1.54) is 12.0 Å². The first kappa shape index (κ1) is 18.4. The van der Waals surface area contributed by atoms with E-state index in [0.29, 0.717) is 11.8 Å². The van der Waals surface area contributed by atoms with Crippen molar-refractivity contribution < 1.29 is 9.35 Å². The lowest BCUT2D eigenvalue weighted by atomic mass is 9.97. The Morgan fingerprint density at radius 1 is 1.39 bits per heavy atom. The van der Waals surface area contributed by atoms with Gasteiger partial charge in [-0.05, 0) is 55.7 Å². The molecule has 0 saturated carbocycles. The van der Waals surface area contributed by atoms with Gasteiger partial charge in [0.1, 0.15) is 6.10 Å². The minimum absolute atomic E-state index is 0.0719. The van der Waals surface area contributed by atoms with Gasteiger partial charge in [-0.3, -0.25) is 10.1 Å². The van der Waals surface area contributed by atoms with Crippen molar-refractivity contribution in [2.75, 3.05) is 6.54 Å². The maximum absolute atomic E-state index is 11.0. The number of hydrogen-bond acceptors (Lipinski definition) is 3. The quantitative estimate of drug-likeness (QED) is 0.272. The second-order valence-electron chi connectivity index (χ2n) is 8.54. The summed E-state index contributed by atoms with van der Waals surface area (Å²) in [7, 11) is -1.96. The van der Waals surface area contributed by atoms with Crippen LogP contribution in [0.3, 0.4) is 0 Å². The SMILES string of the molecule is CC(C)(C)[Si](C)(C)OC(CCCC1=C[C@H]2C=C[C@@H]1C2)C[N+](=O)[O-]. The Bertz CT molecular complexity index is 505. The van der Waals surface area contributed by atoms with E-state index in [4.69, 9.17) is 4.43 Å². The van der Waals surface area contributed by atoms with Crippen LogP contribution in [0, 0.1) is 22.0 Å². The van der Waals surface area contributed by atoms with Crippen molar-refractivity contribution >= 4 is 8.32 Å². The van der Waals surface area contributed by atoms with Gasteiger partial charge in [-0.15, -0.1) is 0 Å². The fourth-order valence-electron chi connectivity index (χ4n) is 3.27. The van der Waals surface area contributed by atoms with Crippen molar-refractivity contribution in [2.24, 2.45) is 11.8 Å². The molecule has 0 aliphatic heterocycles. The van der Waals surface area contributed by atoms with Crippen LogP contribution in [0.4, 0.5) is 0 Å². The lowest BCUT2D eigenvalue weighted by Crippen LogP contribution is -2.45. The molecule has 0 fully saturated rings. The molecule has 130 valence electrons. The summed E-state index contributed by atoms with van der Waals surface area (Å²) in [6.45, 7) is 10.8. The number of rotatable bonds is 8. The molecule has 0 saturated heterocycles. The molecule has 0 amide bonds. The zero-order chi connectivity index (χ0) is 17.3. The third kappa shape index (κ3) is 4.77. The minimum atomic E-state index is -1.96. The van der Waals surface area contributed by atoms with Crippen LogP contribution in [-0.4, -0.2) is 25.9 Å². The first-order valence-electron chi connectivity index (χ1n) is 8.77. The molecule has 23 heavy (non-hydrogen) atoms. The zero-order valence-corrected chi connectivity index (χ0v) is 16.2. The molecule has 0 aromatic rings. The number of nitro groups is 1. The molecule has 0 radical (unpaired) electrons. The summed E-state index contributed by atoms with van der Waals surface area (Å²) in [5.41, 5.74) is 1.53. The molecule has 0 spiro atoms. The predicted octanol–water partition coefficient (Wildman–Crippen LogP) is 4.96. The van der Waals surface area contributed by atoms with E-state index in [-0.39, 0.29) is 22.6 Å². The Kier molecular flexibility index (Phi) is 5.51. The summed E-state index contributed by atoms with van der Waals surface area (Å²) in [4.78, 5) is 10.8. The van der Waals surface area contributed by atoms with Crippen LogP contribution in [0.2, 0.25) is 18.1 Å². The Morgan fingerprint density at radius 3 is 2.57 bits per heavy atom. The third-order valence-corrected chi connectivity index (χ3v) is 10.2. The first-order valence-corrected chi connectivity index (χ1v) is 11.7. The molecular weight excluding hydrogens is 306 g/mol. The molecule has 2 bridgehead atoms. The maximum Gasteiger partial charge on any atom is 0.228 e. The number of fused-ring (bicyclic) bond motifs is 2. The van der Waals surface area contributed by atoms with E-state index in [1.54, 1.807) is 0 Å². The molecular formula is C18H31NO3Si. The van der Waals surface area contributed by atoms with Crippen LogP contribution >= 0.6 is 0 Å². The summed E-state index contributed by atoms with van der Waals surface area (Å²) in [5, 5.41) is 11.1. The van der Waals surface area contributed by atoms with Gasteiger partial charge in [-0.2, -0.15) is 0 Å². The summed E-state index contributed by atoms with van der Waals surface area (Å²) in [5.74, 6) is 1.28. The van der Waals surface area contributed by atoms with Gasteiger partial charge in [-0.1, -0.05) is 44.6 Å². The molecule has 1 unspecified atom stereocenters. The van der Waals surface area contributed by atoms with E-state index in [2.05, 4.69) is 52.1 Å². The van der Waals surface area contributed by atoms with Gasteiger partial charge in [0.05, 0.1) is 0 Å². The molecule has 0 aromatic heterocycles. The van der Waals surface area contributed by atoms with E-state index < -0.39 is 8.32 Å².